The van der Waals surface area contributed by atoms with Gasteiger partial charge in [0.1, 0.15) is 5.82 Å². The Labute approximate surface area is 121 Å². The van der Waals surface area contributed by atoms with E-state index in [0.29, 0.717) is 17.6 Å². The van der Waals surface area contributed by atoms with Gasteiger partial charge in [-0.3, -0.25) is 4.98 Å². The van der Waals surface area contributed by atoms with Gasteiger partial charge in [0.25, 0.3) is 0 Å². The fourth-order valence-electron chi connectivity index (χ4n) is 1.94. The molecule has 0 aliphatic heterocycles. The lowest BCUT2D eigenvalue weighted by Gasteiger charge is -2.08. The van der Waals surface area contributed by atoms with Crippen molar-refractivity contribution in [2.24, 2.45) is 0 Å². The SMILES string of the molecule is O=c1[nH]c2cc(NCc3cc(F)ccc3Br)ccc2o1. The number of anilines is 1. The second kappa shape index (κ2) is 5.13. The lowest BCUT2D eigenvalue weighted by Crippen LogP contribution is -2.00. The molecule has 0 amide bonds. The van der Waals surface area contributed by atoms with Crippen LogP contribution in [-0.2, 0) is 6.54 Å². The summed E-state index contributed by atoms with van der Waals surface area (Å²) in [5, 5.41) is 3.17. The molecule has 2 aromatic carbocycles. The molecule has 0 bridgehead atoms. The van der Waals surface area contributed by atoms with Gasteiger partial charge in [-0.2, -0.15) is 0 Å². The molecule has 3 aromatic rings. The lowest BCUT2D eigenvalue weighted by atomic mass is 10.2. The van der Waals surface area contributed by atoms with Gasteiger partial charge in [0.2, 0.25) is 0 Å². The Morgan fingerprint density at radius 3 is 2.95 bits per heavy atom. The van der Waals surface area contributed by atoms with Crippen molar-refractivity contribution in [3.05, 3.63) is 62.8 Å². The number of hydrogen-bond donors (Lipinski definition) is 2. The molecule has 0 saturated heterocycles. The van der Waals surface area contributed by atoms with Crippen LogP contribution in [0.5, 0.6) is 0 Å². The molecule has 1 aromatic heterocycles. The molecule has 0 aliphatic rings. The summed E-state index contributed by atoms with van der Waals surface area (Å²) in [5.74, 6) is -0.760. The third-order valence-electron chi connectivity index (χ3n) is 2.91. The molecule has 0 radical (unpaired) electrons. The molecule has 0 spiro atoms. The van der Waals surface area contributed by atoms with E-state index in [1.807, 2.05) is 0 Å². The second-order valence-corrected chi connectivity index (χ2v) is 5.17. The topological polar surface area (TPSA) is 58.0 Å². The van der Waals surface area contributed by atoms with Crippen LogP contribution in [0, 0.1) is 5.82 Å². The number of fused-ring (bicyclic) bond motifs is 1. The molecular formula is C14H10BrFN2O2. The highest BCUT2D eigenvalue weighted by Gasteiger charge is 2.04. The van der Waals surface area contributed by atoms with Crippen LogP contribution < -0.4 is 11.1 Å². The lowest BCUT2D eigenvalue weighted by molar-refractivity contribution is 0.555. The van der Waals surface area contributed by atoms with E-state index < -0.39 is 5.76 Å². The summed E-state index contributed by atoms with van der Waals surface area (Å²) in [5.41, 5.74) is 2.75. The van der Waals surface area contributed by atoms with E-state index in [1.54, 1.807) is 24.3 Å². The second-order valence-electron chi connectivity index (χ2n) is 4.31. The number of halogens is 2. The number of nitrogens with one attached hydrogen (secondary N) is 2. The Bertz CT molecular complexity index is 825. The van der Waals surface area contributed by atoms with E-state index in [1.165, 1.54) is 12.1 Å². The van der Waals surface area contributed by atoms with Gasteiger partial charge in [0.05, 0.1) is 5.52 Å². The predicted octanol–water partition coefficient (Wildman–Crippen LogP) is 3.63. The van der Waals surface area contributed by atoms with Crippen LogP contribution in [0.3, 0.4) is 0 Å². The van der Waals surface area contributed by atoms with Gasteiger partial charge < -0.3 is 9.73 Å². The van der Waals surface area contributed by atoms with Crippen molar-refractivity contribution >= 4 is 32.7 Å². The zero-order chi connectivity index (χ0) is 14.1. The van der Waals surface area contributed by atoms with Crippen molar-refractivity contribution in [3.63, 3.8) is 0 Å². The molecule has 4 nitrogen and oxygen atoms in total. The number of hydrogen-bond acceptors (Lipinski definition) is 3. The number of aromatic amines is 1. The van der Waals surface area contributed by atoms with Crippen LogP contribution in [0.1, 0.15) is 5.56 Å². The van der Waals surface area contributed by atoms with Crippen LogP contribution in [-0.4, -0.2) is 4.98 Å². The van der Waals surface area contributed by atoms with Gasteiger partial charge in [-0.15, -0.1) is 0 Å². The molecular weight excluding hydrogens is 327 g/mol. The smallest absolute Gasteiger partial charge is 0.408 e. The van der Waals surface area contributed by atoms with Crippen LogP contribution in [0.25, 0.3) is 11.1 Å². The largest absolute Gasteiger partial charge is 0.417 e. The van der Waals surface area contributed by atoms with Gasteiger partial charge >= 0.3 is 5.76 Å². The fourth-order valence-corrected chi connectivity index (χ4v) is 2.32. The quantitative estimate of drug-likeness (QED) is 0.767. The minimum absolute atomic E-state index is 0.278. The summed E-state index contributed by atoms with van der Waals surface area (Å²) in [4.78, 5) is 13.7. The molecule has 0 aliphatic carbocycles. The molecule has 2 N–H and O–H groups in total. The van der Waals surface area contributed by atoms with Crippen molar-refractivity contribution in [3.8, 4) is 0 Å². The monoisotopic (exact) mass is 336 g/mol. The average Bonchev–Trinajstić information content (AvgIpc) is 2.79. The highest BCUT2D eigenvalue weighted by Crippen LogP contribution is 2.21. The Morgan fingerprint density at radius 1 is 1.25 bits per heavy atom. The number of rotatable bonds is 3. The summed E-state index contributed by atoms with van der Waals surface area (Å²) in [6.07, 6.45) is 0. The van der Waals surface area contributed by atoms with E-state index in [0.717, 1.165) is 15.7 Å². The summed E-state index contributed by atoms with van der Waals surface area (Å²) >= 11 is 3.38. The Hall–Kier alpha value is -2.08. The molecule has 3 rings (SSSR count). The number of aromatic nitrogens is 1. The summed E-state index contributed by atoms with van der Waals surface area (Å²) in [7, 11) is 0. The molecule has 1 heterocycles. The van der Waals surface area contributed by atoms with Crippen LogP contribution >= 0.6 is 15.9 Å². The van der Waals surface area contributed by atoms with Gasteiger partial charge in [0, 0.05) is 16.7 Å². The highest BCUT2D eigenvalue weighted by molar-refractivity contribution is 9.10. The fraction of sp³-hybridized carbons (Fsp3) is 0.0714. The van der Waals surface area contributed by atoms with E-state index in [9.17, 15) is 9.18 Å². The molecule has 6 heteroatoms. The molecule has 0 fully saturated rings. The Morgan fingerprint density at radius 2 is 2.10 bits per heavy atom. The van der Waals surface area contributed by atoms with Gasteiger partial charge in [0.15, 0.2) is 5.58 Å². The van der Waals surface area contributed by atoms with E-state index >= 15 is 0 Å². The maximum atomic E-state index is 13.2. The van der Waals surface area contributed by atoms with Gasteiger partial charge in [-0.05, 0) is 42.0 Å². The first-order chi connectivity index (χ1) is 9.61. The van der Waals surface area contributed by atoms with Crippen LogP contribution in [0.4, 0.5) is 10.1 Å². The summed E-state index contributed by atoms with van der Waals surface area (Å²) in [6.45, 7) is 0.464. The summed E-state index contributed by atoms with van der Waals surface area (Å²) < 4.78 is 18.9. The maximum absolute atomic E-state index is 13.2. The third kappa shape index (κ3) is 2.60. The Balaban J connectivity index is 1.82. The highest BCUT2D eigenvalue weighted by atomic mass is 79.9. The van der Waals surface area contributed by atoms with E-state index in [2.05, 4.69) is 26.2 Å². The standard InChI is InChI=1S/C14H10BrFN2O2/c15-11-3-1-9(16)5-8(11)7-17-10-2-4-13-12(6-10)18-14(19)20-13/h1-6,17H,7H2,(H,18,19). The molecule has 102 valence electrons. The van der Waals surface area contributed by atoms with E-state index in [-0.39, 0.29) is 5.82 Å². The minimum Gasteiger partial charge on any atom is -0.408 e. The van der Waals surface area contributed by atoms with Gasteiger partial charge in [-0.1, -0.05) is 15.9 Å². The predicted molar refractivity (Wildman–Crippen MR) is 78.3 cm³/mol. The number of benzene rings is 2. The minimum atomic E-state index is -0.481. The first-order valence-electron chi connectivity index (χ1n) is 5.92. The normalized spacial score (nSPS) is 10.9. The number of oxazole rings is 1. The maximum Gasteiger partial charge on any atom is 0.417 e. The van der Waals surface area contributed by atoms with Crippen molar-refractivity contribution in [1.82, 2.24) is 4.98 Å². The average molecular weight is 337 g/mol. The summed E-state index contributed by atoms with van der Waals surface area (Å²) in [6, 6.07) is 9.81. The number of H-pyrrole nitrogens is 1. The Kier molecular flexibility index (Phi) is 3.31. The zero-order valence-electron chi connectivity index (χ0n) is 10.2. The molecule has 0 saturated carbocycles. The molecule has 0 atom stereocenters. The molecule has 0 unspecified atom stereocenters. The van der Waals surface area contributed by atoms with Crippen molar-refractivity contribution in [2.45, 2.75) is 6.54 Å². The zero-order valence-corrected chi connectivity index (χ0v) is 11.8. The van der Waals surface area contributed by atoms with Crippen LogP contribution in [0.15, 0.2) is 50.1 Å². The van der Waals surface area contributed by atoms with Crippen molar-refractivity contribution in [2.75, 3.05) is 5.32 Å². The van der Waals surface area contributed by atoms with Crippen molar-refractivity contribution < 1.29 is 8.81 Å². The third-order valence-corrected chi connectivity index (χ3v) is 3.68. The van der Waals surface area contributed by atoms with Crippen molar-refractivity contribution in [1.29, 1.82) is 0 Å². The van der Waals surface area contributed by atoms with Gasteiger partial charge in [-0.25, -0.2) is 9.18 Å². The first kappa shape index (κ1) is 12.9. The van der Waals surface area contributed by atoms with Crippen LogP contribution in [0.2, 0.25) is 0 Å². The molecule has 20 heavy (non-hydrogen) atoms. The van der Waals surface area contributed by atoms with E-state index in [4.69, 9.17) is 4.42 Å². The first-order valence-corrected chi connectivity index (χ1v) is 6.72.